The number of hydrogen-bond donors (Lipinski definition) is 2. The summed E-state index contributed by atoms with van der Waals surface area (Å²) in [7, 11) is 0. The summed E-state index contributed by atoms with van der Waals surface area (Å²) in [5.41, 5.74) is 0. The van der Waals surface area contributed by atoms with E-state index in [-0.39, 0.29) is 0 Å². The van der Waals surface area contributed by atoms with Crippen LogP contribution in [0, 0.1) is 0 Å². The average Bonchev–Trinajstić information content (AvgIpc) is 2.50. The maximum atomic E-state index is 5.78. The molecule has 0 radical (unpaired) electrons. The number of rotatable bonds is 2. The largest absolute Gasteiger partial charge is 0.366 e. The quantitative estimate of drug-likeness (QED) is 0.811. The van der Waals surface area contributed by atoms with Crippen molar-refractivity contribution in [2.24, 2.45) is 0 Å². The second-order valence-corrected chi connectivity index (χ2v) is 4.34. The zero-order valence-corrected chi connectivity index (χ0v) is 9.43. The lowest BCUT2D eigenvalue weighted by molar-refractivity contribution is 0.634. The summed E-state index contributed by atoms with van der Waals surface area (Å²) in [5.74, 6) is 0.910. The van der Waals surface area contributed by atoms with E-state index in [4.69, 9.17) is 11.6 Å². The fourth-order valence-corrected chi connectivity index (χ4v) is 1.92. The second kappa shape index (κ2) is 5.33. The summed E-state index contributed by atoms with van der Waals surface area (Å²) in [6, 6.07) is 4.27. The summed E-state index contributed by atoms with van der Waals surface area (Å²) >= 11 is 5.78. The molecule has 2 N–H and O–H groups in total. The van der Waals surface area contributed by atoms with Crippen LogP contribution in [0.25, 0.3) is 0 Å². The Bertz CT molecular complexity index is 291. The normalized spacial score (nSPS) is 22.1. The summed E-state index contributed by atoms with van der Waals surface area (Å²) in [6.45, 7) is 2.15. The van der Waals surface area contributed by atoms with Gasteiger partial charge in [0.05, 0.1) is 5.02 Å². The molecule has 82 valence electrons. The first kappa shape index (κ1) is 10.7. The summed E-state index contributed by atoms with van der Waals surface area (Å²) in [5, 5.41) is 7.51. The van der Waals surface area contributed by atoms with Gasteiger partial charge in [0, 0.05) is 18.8 Å². The Morgan fingerprint density at radius 3 is 3.13 bits per heavy atom. The highest BCUT2D eigenvalue weighted by Crippen LogP contribution is 2.13. The zero-order valence-electron chi connectivity index (χ0n) is 8.67. The monoisotopic (exact) mass is 225 g/mol. The van der Waals surface area contributed by atoms with Crippen LogP contribution in [0.15, 0.2) is 18.3 Å². The van der Waals surface area contributed by atoms with Crippen molar-refractivity contribution in [1.29, 1.82) is 0 Å². The molecule has 0 spiro atoms. The van der Waals surface area contributed by atoms with Crippen molar-refractivity contribution in [1.82, 2.24) is 10.3 Å². The minimum atomic E-state index is 0.487. The van der Waals surface area contributed by atoms with E-state index in [1.165, 1.54) is 19.3 Å². The molecule has 1 atom stereocenters. The highest BCUT2D eigenvalue weighted by atomic mass is 35.5. The minimum absolute atomic E-state index is 0.487. The van der Waals surface area contributed by atoms with Gasteiger partial charge < -0.3 is 10.6 Å². The lowest BCUT2D eigenvalue weighted by Crippen LogP contribution is -2.31. The Balaban J connectivity index is 1.92. The molecule has 0 aliphatic carbocycles. The SMILES string of the molecule is Clc1ccc(NC2CCCCNC2)nc1. The third-order valence-electron chi connectivity index (χ3n) is 2.63. The Labute approximate surface area is 95.2 Å². The van der Waals surface area contributed by atoms with E-state index >= 15 is 0 Å². The molecule has 2 heterocycles. The van der Waals surface area contributed by atoms with Crippen LogP contribution in [0.5, 0.6) is 0 Å². The molecule has 1 aromatic rings. The standard InChI is InChI=1S/C11H16ClN3/c12-9-4-5-11(14-7-9)15-10-3-1-2-6-13-8-10/h4-5,7,10,13H,1-3,6,8H2,(H,14,15). The molecule has 1 aliphatic rings. The molecule has 0 amide bonds. The van der Waals surface area contributed by atoms with Crippen LogP contribution in [0.1, 0.15) is 19.3 Å². The van der Waals surface area contributed by atoms with Crippen molar-refractivity contribution < 1.29 is 0 Å². The molecule has 15 heavy (non-hydrogen) atoms. The summed E-state index contributed by atoms with van der Waals surface area (Å²) in [6.07, 6.45) is 5.43. The van der Waals surface area contributed by atoms with Gasteiger partial charge in [-0.15, -0.1) is 0 Å². The van der Waals surface area contributed by atoms with Crippen LogP contribution >= 0.6 is 11.6 Å². The minimum Gasteiger partial charge on any atom is -0.366 e. The van der Waals surface area contributed by atoms with Crippen LogP contribution in [0.4, 0.5) is 5.82 Å². The molecule has 1 aliphatic heterocycles. The maximum Gasteiger partial charge on any atom is 0.126 e. The number of anilines is 1. The van der Waals surface area contributed by atoms with Crippen LogP contribution in [-0.2, 0) is 0 Å². The fraction of sp³-hybridized carbons (Fsp3) is 0.545. The van der Waals surface area contributed by atoms with Crippen LogP contribution in [0.2, 0.25) is 5.02 Å². The van der Waals surface area contributed by atoms with E-state index in [0.29, 0.717) is 11.1 Å². The Kier molecular flexibility index (Phi) is 3.80. The van der Waals surface area contributed by atoms with Crippen molar-refractivity contribution in [3.05, 3.63) is 23.4 Å². The van der Waals surface area contributed by atoms with Gasteiger partial charge >= 0.3 is 0 Å². The maximum absolute atomic E-state index is 5.78. The van der Waals surface area contributed by atoms with Crippen molar-refractivity contribution in [3.8, 4) is 0 Å². The first-order chi connectivity index (χ1) is 7.34. The topological polar surface area (TPSA) is 37.0 Å². The smallest absolute Gasteiger partial charge is 0.126 e. The molecule has 0 aromatic carbocycles. The number of pyridine rings is 1. The summed E-state index contributed by atoms with van der Waals surface area (Å²) in [4.78, 5) is 4.23. The lowest BCUT2D eigenvalue weighted by Gasteiger charge is -2.16. The molecule has 1 fully saturated rings. The van der Waals surface area contributed by atoms with Gasteiger partial charge in [-0.3, -0.25) is 0 Å². The second-order valence-electron chi connectivity index (χ2n) is 3.90. The van der Waals surface area contributed by atoms with Gasteiger partial charge in [0.2, 0.25) is 0 Å². The number of hydrogen-bond acceptors (Lipinski definition) is 3. The van der Waals surface area contributed by atoms with Crippen LogP contribution < -0.4 is 10.6 Å². The van der Waals surface area contributed by atoms with E-state index < -0.39 is 0 Å². The third-order valence-corrected chi connectivity index (χ3v) is 2.85. The first-order valence-electron chi connectivity index (χ1n) is 5.43. The molecule has 1 unspecified atom stereocenters. The Morgan fingerprint density at radius 2 is 2.33 bits per heavy atom. The molecule has 0 saturated carbocycles. The van der Waals surface area contributed by atoms with Gasteiger partial charge in [0.25, 0.3) is 0 Å². The van der Waals surface area contributed by atoms with Gasteiger partial charge in [-0.2, -0.15) is 0 Å². The van der Waals surface area contributed by atoms with E-state index in [0.717, 1.165) is 18.9 Å². The lowest BCUT2D eigenvalue weighted by atomic mass is 10.1. The van der Waals surface area contributed by atoms with Crippen molar-refractivity contribution in [3.63, 3.8) is 0 Å². The number of aromatic nitrogens is 1. The van der Waals surface area contributed by atoms with E-state index in [2.05, 4.69) is 15.6 Å². The molecular weight excluding hydrogens is 210 g/mol. The molecule has 1 saturated heterocycles. The van der Waals surface area contributed by atoms with Crippen molar-refractivity contribution >= 4 is 17.4 Å². The number of nitrogens with zero attached hydrogens (tertiary/aromatic N) is 1. The summed E-state index contributed by atoms with van der Waals surface area (Å²) < 4.78 is 0. The third kappa shape index (κ3) is 3.36. The zero-order chi connectivity index (χ0) is 10.5. The Hall–Kier alpha value is -0.800. The van der Waals surface area contributed by atoms with E-state index in [1.54, 1.807) is 6.20 Å². The molecule has 4 heteroatoms. The molecule has 2 rings (SSSR count). The van der Waals surface area contributed by atoms with Gasteiger partial charge in [0.1, 0.15) is 5.82 Å². The van der Waals surface area contributed by atoms with Gasteiger partial charge in [-0.25, -0.2) is 4.98 Å². The van der Waals surface area contributed by atoms with E-state index in [1.807, 2.05) is 12.1 Å². The predicted molar refractivity (Wildman–Crippen MR) is 63.4 cm³/mol. The average molecular weight is 226 g/mol. The fourth-order valence-electron chi connectivity index (χ4n) is 1.81. The molecule has 0 bridgehead atoms. The highest BCUT2D eigenvalue weighted by molar-refractivity contribution is 6.30. The number of halogens is 1. The number of nitrogens with one attached hydrogen (secondary N) is 2. The van der Waals surface area contributed by atoms with Gasteiger partial charge in [0.15, 0.2) is 0 Å². The molecular formula is C11H16ClN3. The molecule has 1 aromatic heterocycles. The highest BCUT2D eigenvalue weighted by Gasteiger charge is 2.11. The van der Waals surface area contributed by atoms with Crippen LogP contribution in [0.3, 0.4) is 0 Å². The van der Waals surface area contributed by atoms with Crippen molar-refractivity contribution in [2.75, 3.05) is 18.4 Å². The van der Waals surface area contributed by atoms with Gasteiger partial charge in [-0.1, -0.05) is 18.0 Å². The van der Waals surface area contributed by atoms with Gasteiger partial charge in [-0.05, 0) is 31.5 Å². The first-order valence-corrected chi connectivity index (χ1v) is 5.81. The van der Waals surface area contributed by atoms with Crippen LogP contribution in [-0.4, -0.2) is 24.1 Å². The van der Waals surface area contributed by atoms with E-state index in [9.17, 15) is 0 Å². The Morgan fingerprint density at radius 1 is 1.40 bits per heavy atom. The van der Waals surface area contributed by atoms with Crippen molar-refractivity contribution in [2.45, 2.75) is 25.3 Å². The predicted octanol–water partition coefficient (Wildman–Crippen LogP) is 2.29. The molecule has 3 nitrogen and oxygen atoms in total.